The van der Waals surface area contributed by atoms with Gasteiger partial charge in [0.1, 0.15) is 6.10 Å². The van der Waals surface area contributed by atoms with Crippen molar-refractivity contribution >= 4 is 6.08 Å². The summed E-state index contributed by atoms with van der Waals surface area (Å²) in [6.45, 7) is 16.7. The molecule has 1 aliphatic rings. The maximum absolute atomic E-state index is 5.13. The summed E-state index contributed by atoms with van der Waals surface area (Å²) in [6, 6.07) is 16.8. The lowest BCUT2D eigenvalue weighted by Crippen LogP contribution is -1.79. The lowest BCUT2D eigenvalue weighted by Gasteiger charge is -1.94. The Kier molecular flexibility index (Phi) is 11.6. The van der Waals surface area contributed by atoms with Gasteiger partial charge in [0.2, 0.25) is 0 Å². The van der Waals surface area contributed by atoms with E-state index in [9.17, 15) is 0 Å². The molecule has 0 saturated carbocycles. The summed E-state index contributed by atoms with van der Waals surface area (Å²) in [6.07, 6.45) is 2.25. The molecular formula is C22H32O. The highest BCUT2D eigenvalue weighted by atomic mass is 16.6. The van der Waals surface area contributed by atoms with E-state index in [0.29, 0.717) is 6.10 Å². The monoisotopic (exact) mass is 312 g/mol. The van der Waals surface area contributed by atoms with E-state index in [1.165, 1.54) is 22.3 Å². The molecule has 2 aromatic carbocycles. The number of hydrogen-bond acceptors (Lipinski definition) is 1. The van der Waals surface area contributed by atoms with Gasteiger partial charge in [0.15, 0.2) is 0 Å². The average molecular weight is 312 g/mol. The number of rotatable bonds is 2. The van der Waals surface area contributed by atoms with Crippen molar-refractivity contribution in [2.45, 2.75) is 47.6 Å². The number of aryl methyl sites for hydroxylation is 2. The highest BCUT2D eigenvalue weighted by Gasteiger charge is 2.23. The summed E-state index contributed by atoms with van der Waals surface area (Å²) in [5, 5.41) is 0. The molecule has 0 aliphatic carbocycles. The molecular weight excluding hydrogens is 280 g/mol. The highest BCUT2D eigenvalue weighted by molar-refractivity contribution is 5.46. The van der Waals surface area contributed by atoms with E-state index < -0.39 is 0 Å². The van der Waals surface area contributed by atoms with Gasteiger partial charge in [-0.05, 0) is 25.0 Å². The Morgan fingerprint density at radius 1 is 0.826 bits per heavy atom. The average Bonchev–Trinajstić information content (AvgIpc) is 3.46. The number of ether oxygens (including phenoxy) is 1. The minimum Gasteiger partial charge on any atom is -0.368 e. The molecule has 3 rings (SSSR count). The van der Waals surface area contributed by atoms with Gasteiger partial charge in [0, 0.05) is 0 Å². The zero-order valence-corrected chi connectivity index (χ0v) is 15.6. The Morgan fingerprint density at radius 2 is 1.22 bits per heavy atom. The Labute approximate surface area is 143 Å². The first-order valence-electron chi connectivity index (χ1n) is 8.56. The molecule has 0 N–H and O–H groups in total. The molecule has 2 aromatic rings. The number of hydrogen-bond donors (Lipinski definition) is 0. The maximum atomic E-state index is 5.13. The first-order chi connectivity index (χ1) is 11.2. The van der Waals surface area contributed by atoms with Crippen molar-refractivity contribution in [3.63, 3.8) is 0 Å². The Bertz CT molecular complexity index is 519. The van der Waals surface area contributed by atoms with Crippen molar-refractivity contribution in [1.29, 1.82) is 0 Å². The molecule has 1 heterocycles. The second-order valence-electron chi connectivity index (χ2n) is 4.85. The van der Waals surface area contributed by atoms with E-state index in [1.807, 2.05) is 33.8 Å². The fourth-order valence-corrected chi connectivity index (χ4v) is 1.72. The molecule has 0 radical (unpaired) electrons. The van der Waals surface area contributed by atoms with Crippen molar-refractivity contribution in [2.24, 2.45) is 0 Å². The van der Waals surface area contributed by atoms with E-state index in [1.54, 1.807) is 0 Å². The van der Waals surface area contributed by atoms with Gasteiger partial charge >= 0.3 is 0 Å². The van der Waals surface area contributed by atoms with Crippen molar-refractivity contribution in [2.75, 3.05) is 6.61 Å². The normalized spacial score (nSPS) is 13.9. The Balaban J connectivity index is 0.000000349. The predicted octanol–water partition coefficient (Wildman–Crippen LogP) is 6.76. The molecule has 0 aromatic heterocycles. The van der Waals surface area contributed by atoms with Crippen LogP contribution in [0.1, 0.15) is 56.1 Å². The third-order valence-electron chi connectivity index (χ3n) is 3.10. The topological polar surface area (TPSA) is 12.5 Å². The molecule has 1 heteroatoms. The summed E-state index contributed by atoms with van der Waals surface area (Å²) in [7, 11) is 0. The van der Waals surface area contributed by atoms with E-state index in [2.05, 4.69) is 69.0 Å². The zero-order chi connectivity index (χ0) is 17.7. The van der Waals surface area contributed by atoms with Gasteiger partial charge in [-0.2, -0.15) is 0 Å². The van der Waals surface area contributed by atoms with Crippen LogP contribution in [0.15, 0.2) is 55.1 Å². The summed E-state index contributed by atoms with van der Waals surface area (Å²) in [4.78, 5) is 0. The SMILES string of the molecule is C=Cc1ccc(C)cc1.CC.CC.Cc1ccc(C2CO2)cc1. The van der Waals surface area contributed by atoms with Crippen LogP contribution in [0.25, 0.3) is 6.08 Å². The van der Waals surface area contributed by atoms with Gasteiger partial charge in [-0.3, -0.25) is 0 Å². The molecule has 1 atom stereocenters. The Morgan fingerprint density at radius 3 is 1.57 bits per heavy atom. The van der Waals surface area contributed by atoms with Crippen LogP contribution < -0.4 is 0 Å². The van der Waals surface area contributed by atoms with Crippen molar-refractivity contribution in [1.82, 2.24) is 0 Å². The van der Waals surface area contributed by atoms with E-state index in [0.717, 1.165) is 6.61 Å². The van der Waals surface area contributed by atoms with Crippen LogP contribution in [-0.4, -0.2) is 6.61 Å². The number of epoxide rings is 1. The molecule has 0 bridgehead atoms. The van der Waals surface area contributed by atoms with E-state index in [4.69, 9.17) is 4.74 Å². The molecule has 1 nitrogen and oxygen atoms in total. The smallest absolute Gasteiger partial charge is 0.106 e. The zero-order valence-electron chi connectivity index (χ0n) is 15.6. The first kappa shape index (κ1) is 21.1. The summed E-state index contributed by atoms with van der Waals surface area (Å²) >= 11 is 0. The van der Waals surface area contributed by atoms with Crippen LogP contribution in [0.2, 0.25) is 0 Å². The maximum Gasteiger partial charge on any atom is 0.106 e. The van der Waals surface area contributed by atoms with Crippen molar-refractivity contribution in [3.8, 4) is 0 Å². The second kappa shape index (κ2) is 12.7. The first-order valence-corrected chi connectivity index (χ1v) is 8.56. The molecule has 1 aliphatic heterocycles. The van der Waals surface area contributed by atoms with Crippen molar-refractivity contribution in [3.05, 3.63) is 77.4 Å². The third-order valence-corrected chi connectivity index (χ3v) is 3.10. The van der Waals surface area contributed by atoms with Gasteiger partial charge in [-0.1, -0.05) is 100 Å². The minimum atomic E-state index is 0.403. The standard InChI is InChI=1S/C9H10O.C9H10.2C2H6/c1-7-2-4-8(5-3-7)9-6-10-9;1-3-9-6-4-8(2)5-7-9;2*1-2/h2-5,9H,6H2,1H3;3-7H,1H2,2H3;2*1-2H3. The van der Waals surface area contributed by atoms with Gasteiger partial charge in [0.05, 0.1) is 6.61 Å². The third kappa shape index (κ3) is 9.00. The number of benzene rings is 2. The highest BCUT2D eigenvalue weighted by Crippen LogP contribution is 2.29. The summed E-state index contributed by atoms with van der Waals surface area (Å²) in [5.41, 5.74) is 5.09. The van der Waals surface area contributed by atoms with Gasteiger partial charge in [0.25, 0.3) is 0 Å². The quantitative estimate of drug-likeness (QED) is 0.558. The summed E-state index contributed by atoms with van der Waals surface area (Å²) in [5.74, 6) is 0. The van der Waals surface area contributed by atoms with Crippen LogP contribution in [0.5, 0.6) is 0 Å². The molecule has 1 saturated heterocycles. The molecule has 126 valence electrons. The van der Waals surface area contributed by atoms with Crippen LogP contribution >= 0.6 is 0 Å². The molecule has 1 unspecified atom stereocenters. The van der Waals surface area contributed by atoms with Crippen LogP contribution in [0, 0.1) is 13.8 Å². The minimum absolute atomic E-state index is 0.403. The van der Waals surface area contributed by atoms with Crippen LogP contribution in [0.4, 0.5) is 0 Å². The fourth-order valence-electron chi connectivity index (χ4n) is 1.72. The largest absolute Gasteiger partial charge is 0.368 e. The van der Waals surface area contributed by atoms with E-state index in [-0.39, 0.29) is 0 Å². The molecule has 1 fully saturated rings. The van der Waals surface area contributed by atoms with Crippen LogP contribution in [0.3, 0.4) is 0 Å². The predicted molar refractivity (Wildman–Crippen MR) is 104 cm³/mol. The second-order valence-corrected chi connectivity index (χ2v) is 4.85. The molecule has 0 spiro atoms. The fraction of sp³-hybridized carbons (Fsp3) is 0.364. The van der Waals surface area contributed by atoms with Crippen molar-refractivity contribution < 1.29 is 4.74 Å². The van der Waals surface area contributed by atoms with Gasteiger partial charge < -0.3 is 4.74 Å². The van der Waals surface area contributed by atoms with Crippen LogP contribution in [-0.2, 0) is 4.74 Å². The lowest BCUT2D eigenvalue weighted by atomic mass is 10.1. The van der Waals surface area contributed by atoms with Gasteiger partial charge in [-0.15, -0.1) is 0 Å². The van der Waals surface area contributed by atoms with E-state index >= 15 is 0 Å². The van der Waals surface area contributed by atoms with Gasteiger partial charge in [-0.25, -0.2) is 0 Å². The lowest BCUT2D eigenvalue weighted by molar-refractivity contribution is 0.415. The summed E-state index contributed by atoms with van der Waals surface area (Å²) < 4.78 is 5.13. The Hall–Kier alpha value is -1.86. The molecule has 23 heavy (non-hydrogen) atoms. The molecule has 0 amide bonds.